The van der Waals surface area contributed by atoms with Crippen molar-refractivity contribution in [3.63, 3.8) is 0 Å². The summed E-state index contributed by atoms with van der Waals surface area (Å²) in [4.78, 5) is 1.83. The molecule has 0 N–H and O–H groups in total. The van der Waals surface area contributed by atoms with Gasteiger partial charge in [-0.15, -0.1) is 4.39 Å². The van der Waals surface area contributed by atoms with Gasteiger partial charge in [-0.2, -0.15) is 0 Å². The van der Waals surface area contributed by atoms with Gasteiger partial charge < -0.3 is 17.0 Å². The van der Waals surface area contributed by atoms with Crippen molar-refractivity contribution in [1.82, 2.24) is 4.90 Å². The molecule has 0 spiro atoms. The van der Waals surface area contributed by atoms with Gasteiger partial charge in [0.2, 0.25) is 0 Å². The third kappa shape index (κ3) is 3.25. The van der Waals surface area contributed by atoms with Crippen molar-refractivity contribution in [3.05, 3.63) is 0 Å². The minimum atomic E-state index is -0.0151. The molecule has 0 aromatic rings. The molecule has 1 aliphatic heterocycles. The summed E-state index contributed by atoms with van der Waals surface area (Å²) in [6, 6.07) is 0. The number of nitrogens with zero attached hydrogens (tertiary/aromatic N) is 2. The Morgan fingerprint density at radius 2 is 2.08 bits per heavy atom. The lowest BCUT2D eigenvalue weighted by Gasteiger charge is -2.04. The molecule has 1 aliphatic rings. The molecular formula is C9H18BrFN2. The van der Waals surface area contributed by atoms with Crippen molar-refractivity contribution < 1.29 is 25.9 Å². The second-order valence-corrected chi connectivity index (χ2v) is 3.24. The van der Waals surface area contributed by atoms with Gasteiger partial charge in [-0.05, 0) is 12.8 Å². The van der Waals surface area contributed by atoms with E-state index in [1.807, 2.05) is 9.48 Å². The molecule has 0 saturated carbocycles. The van der Waals surface area contributed by atoms with Crippen LogP contribution >= 0.6 is 0 Å². The quantitative estimate of drug-likeness (QED) is 0.435. The molecule has 0 atom stereocenters. The van der Waals surface area contributed by atoms with Crippen molar-refractivity contribution >= 4 is 6.09 Å². The number of halogens is 2. The molecule has 0 aromatic heterocycles. The van der Waals surface area contributed by atoms with Crippen LogP contribution in [0.4, 0.5) is 4.39 Å². The fourth-order valence-corrected chi connectivity index (χ4v) is 1.57. The summed E-state index contributed by atoms with van der Waals surface area (Å²) in [5.41, 5.74) is 0. The molecule has 1 rings (SSSR count). The fraction of sp³-hybridized carbons (Fsp3) is 0.889. The zero-order chi connectivity index (χ0) is 8.97. The average Bonchev–Trinajstić information content (AvgIpc) is 2.38. The van der Waals surface area contributed by atoms with Gasteiger partial charge in [-0.25, -0.2) is 9.48 Å². The topological polar surface area (TPSA) is 6.25 Å². The summed E-state index contributed by atoms with van der Waals surface area (Å²) in [5, 5.41) is 0. The Labute approximate surface area is 90.2 Å². The standard InChI is InChI=1S/C9H18FN2.BrH/c1-3-5-11-7-8-12(6-4-2)9(11)10;/h3-8H2,1-2H3;1H/q+1;/p-1. The summed E-state index contributed by atoms with van der Waals surface area (Å²) in [7, 11) is 0. The molecule has 2 nitrogen and oxygen atoms in total. The van der Waals surface area contributed by atoms with E-state index in [-0.39, 0.29) is 23.1 Å². The van der Waals surface area contributed by atoms with E-state index in [1.54, 1.807) is 0 Å². The van der Waals surface area contributed by atoms with Crippen molar-refractivity contribution in [3.8, 4) is 0 Å². The zero-order valence-electron chi connectivity index (χ0n) is 8.39. The van der Waals surface area contributed by atoms with Crippen LogP contribution in [0.2, 0.25) is 0 Å². The van der Waals surface area contributed by atoms with Crippen LogP contribution in [0.15, 0.2) is 0 Å². The van der Waals surface area contributed by atoms with Crippen LogP contribution in [-0.2, 0) is 0 Å². The average molecular weight is 253 g/mol. The lowest BCUT2D eigenvalue weighted by molar-refractivity contribution is -0.523. The maximum absolute atomic E-state index is 13.4. The smallest absolute Gasteiger partial charge is 0.436 e. The van der Waals surface area contributed by atoms with Crippen LogP contribution in [0.3, 0.4) is 0 Å². The lowest BCUT2D eigenvalue weighted by atomic mass is 10.4. The first-order valence-corrected chi connectivity index (χ1v) is 4.82. The van der Waals surface area contributed by atoms with Crippen molar-refractivity contribution in [2.75, 3.05) is 26.2 Å². The fourth-order valence-electron chi connectivity index (χ4n) is 1.57. The molecule has 13 heavy (non-hydrogen) atoms. The van der Waals surface area contributed by atoms with E-state index in [4.69, 9.17) is 0 Å². The Kier molecular flexibility index (Phi) is 6.29. The number of amidine groups is 1. The molecule has 78 valence electrons. The van der Waals surface area contributed by atoms with Gasteiger partial charge in [-0.1, -0.05) is 13.8 Å². The first-order chi connectivity index (χ1) is 5.79. The first-order valence-electron chi connectivity index (χ1n) is 4.82. The summed E-state index contributed by atoms with van der Waals surface area (Å²) >= 11 is 0. The van der Waals surface area contributed by atoms with Crippen molar-refractivity contribution in [2.24, 2.45) is 0 Å². The van der Waals surface area contributed by atoms with Crippen LogP contribution in [0.1, 0.15) is 26.7 Å². The summed E-state index contributed by atoms with van der Waals surface area (Å²) in [6.07, 6.45) is 2.03. The monoisotopic (exact) mass is 252 g/mol. The zero-order valence-corrected chi connectivity index (χ0v) is 9.98. The Morgan fingerprint density at radius 1 is 1.38 bits per heavy atom. The van der Waals surface area contributed by atoms with E-state index >= 15 is 0 Å². The second-order valence-electron chi connectivity index (χ2n) is 3.24. The number of rotatable bonds is 4. The highest BCUT2D eigenvalue weighted by atomic mass is 79.9. The Hall–Kier alpha value is -0.120. The third-order valence-electron chi connectivity index (χ3n) is 2.15. The normalized spacial score (nSPS) is 16.4. The minimum Gasteiger partial charge on any atom is -1.00 e. The van der Waals surface area contributed by atoms with E-state index in [0.29, 0.717) is 0 Å². The van der Waals surface area contributed by atoms with E-state index < -0.39 is 0 Å². The predicted molar refractivity (Wildman–Crippen MR) is 48.3 cm³/mol. The van der Waals surface area contributed by atoms with Gasteiger partial charge >= 0.3 is 6.09 Å². The molecule has 0 aromatic carbocycles. The summed E-state index contributed by atoms with van der Waals surface area (Å²) < 4.78 is 15.2. The highest BCUT2D eigenvalue weighted by molar-refractivity contribution is 5.68. The van der Waals surface area contributed by atoms with Crippen molar-refractivity contribution in [1.29, 1.82) is 0 Å². The highest BCUT2D eigenvalue weighted by Crippen LogP contribution is 2.04. The molecule has 0 unspecified atom stereocenters. The molecule has 0 bridgehead atoms. The molecule has 0 fully saturated rings. The van der Waals surface area contributed by atoms with E-state index in [0.717, 1.165) is 39.0 Å². The Bertz CT molecular complexity index is 182. The number of hydrogen-bond donors (Lipinski definition) is 0. The van der Waals surface area contributed by atoms with E-state index in [2.05, 4.69) is 13.8 Å². The van der Waals surface area contributed by atoms with Crippen LogP contribution in [0, 0.1) is 0 Å². The molecule has 0 saturated heterocycles. The highest BCUT2D eigenvalue weighted by Gasteiger charge is 2.29. The largest absolute Gasteiger partial charge is 1.00 e. The molecular weight excluding hydrogens is 235 g/mol. The van der Waals surface area contributed by atoms with E-state index in [1.165, 1.54) is 0 Å². The minimum absolute atomic E-state index is 0. The maximum Gasteiger partial charge on any atom is 0.436 e. The Morgan fingerprint density at radius 3 is 2.62 bits per heavy atom. The molecule has 0 amide bonds. The van der Waals surface area contributed by atoms with Gasteiger partial charge in [0, 0.05) is 0 Å². The van der Waals surface area contributed by atoms with Gasteiger partial charge in [0.25, 0.3) is 0 Å². The second kappa shape index (κ2) is 6.35. The predicted octanol–water partition coefficient (Wildman–Crippen LogP) is -1.54. The maximum atomic E-state index is 13.4. The Balaban J connectivity index is 0.00000144. The molecule has 0 radical (unpaired) electrons. The van der Waals surface area contributed by atoms with Gasteiger partial charge in [0.1, 0.15) is 13.1 Å². The van der Waals surface area contributed by atoms with E-state index in [9.17, 15) is 4.39 Å². The lowest BCUT2D eigenvalue weighted by Crippen LogP contribution is -3.00. The van der Waals surface area contributed by atoms with Crippen LogP contribution in [-0.4, -0.2) is 41.7 Å². The van der Waals surface area contributed by atoms with Crippen LogP contribution in [0.25, 0.3) is 0 Å². The molecule has 4 heteroatoms. The van der Waals surface area contributed by atoms with Gasteiger partial charge in [-0.3, -0.25) is 0 Å². The third-order valence-corrected chi connectivity index (χ3v) is 2.15. The molecule has 0 aliphatic carbocycles. The first kappa shape index (κ1) is 12.9. The van der Waals surface area contributed by atoms with Crippen LogP contribution < -0.4 is 17.0 Å². The van der Waals surface area contributed by atoms with Crippen molar-refractivity contribution in [2.45, 2.75) is 26.7 Å². The SMILES string of the molecule is CCCN1CC[N+](CCC)=C1F.[Br-]. The summed E-state index contributed by atoms with van der Waals surface area (Å²) in [5.74, 6) is 0. The number of hydrogen-bond acceptors (Lipinski definition) is 1. The molecule has 1 heterocycles. The van der Waals surface area contributed by atoms with Gasteiger partial charge in [0.15, 0.2) is 0 Å². The van der Waals surface area contributed by atoms with Crippen LogP contribution in [0.5, 0.6) is 0 Å². The van der Waals surface area contributed by atoms with Gasteiger partial charge in [0.05, 0.1) is 13.1 Å². The summed E-state index contributed by atoms with van der Waals surface area (Å²) in [6.45, 7) is 7.59.